The van der Waals surface area contributed by atoms with E-state index in [1.54, 1.807) is 6.07 Å². The molecule has 4 N–H and O–H groups in total. The summed E-state index contributed by atoms with van der Waals surface area (Å²) >= 11 is 5.89. The molecule has 0 saturated carbocycles. The summed E-state index contributed by atoms with van der Waals surface area (Å²) in [6.45, 7) is 1.84. The molecule has 1 aliphatic heterocycles. The van der Waals surface area contributed by atoms with Crippen molar-refractivity contribution in [1.29, 1.82) is 0 Å². The van der Waals surface area contributed by atoms with Gasteiger partial charge in [0.2, 0.25) is 0 Å². The van der Waals surface area contributed by atoms with Crippen molar-refractivity contribution in [2.24, 2.45) is 5.73 Å². The van der Waals surface area contributed by atoms with Crippen molar-refractivity contribution < 1.29 is 5.11 Å². The fourth-order valence-corrected chi connectivity index (χ4v) is 1.83. The minimum absolute atomic E-state index is 0.181. The molecule has 0 radical (unpaired) electrons. The normalized spacial score (nSPS) is 21.3. The van der Waals surface area contributed by atoms with Crippen LogP contribution in [0.25, 0.3) is 6.08 Å². The van der Waals surface area contributed by atoms with Gasteiger partial charge in [-0.15, -0.1) is 0 Å². The summed E-state index contributed by atoms with van der Waals surface area (Å²) in [5.74, 6) is 0. The molecule has 0 bridgehead atoms. The van der Waals surface area contributed by atoms with Gasteiger partial charge in [0.15, 0.2) is 0 Å². The smallest absolute Gasteiger partial charge is 0.148 e. The van der Waals surface area contributed by atoms with Gasteiger partial charge in [0.05, 0.1) is 0 Å². The van der Waals surface area contributed by atoms with Gasteiger partial charge in [0.1, 0.15) is 6.23 Å². The Morgan fingerprint density at radius 1 is 1.53 bits per heavy atom. The van der Waals surface area contributed by atoms with Crippen LogP contribution < -0.4 is 11.1 Å². The Morgan fingerprint density at radius 2 is 2.27 bits per heavy atom. The first-order valence-electron chi connectivity index (χ1n) is 4.79. The van der Waals surface area contributed by atoms with Crippen molar-refractivity contribution in [3.05, 3.63) is 34.4 Å². The maximum absolute atomic E-state index is 9.76. The zero-order valence-electron chi connectivity index (χ0n) is 8.37. The monoisotopic (exact) mass is 224 g/mol. The van der Waals surface area contributed by atoms with Crippen molar-refractivity contribution in [3.63, 3.8) is 0 Å². The van der Waals surface area contributed by atoms with E-state index in [0.717, 1.165) is 16.8 Å². The maximum Gasteiger partial charge on any atom is 0.148 e. The third-order valence-electron chi connectivity index (χ3n) is 2.47. The van der Waals surface area contributed by atoms with Crippen LogP contribution in [-0.4, -0.2) is 17.4 Å². The molecule has 0 saturated heterocycles. The molecule has 4 heteroatoms. The number of hydrogen-bond donors (Lipinski definition) is 3. The van der Waals surface area contributed by atoms with Crippen molar-refractivity contribution in [3.8, 4) is 0 Å². The molecular weight excluding hydrogens is 212 g/mol. The quantitative estimate of drug-likeness (QED) is 0.682. The van der Waals surface area contributed by atoms with Crippen molar-refractivity contribution in [1.82, 2.24) is 0 Å². The minimum atomic E-state index is -0.710. The van der Waals surface area contributed by atoms with E-state index < -0.39 is 6.23 Å². The number of aliphatic hydroxyl groups excluding tert-OH is 1. The third kappa shape index (κ3) is 2.00. The van der Waals surface area contributed by atoms with E-state index in [-0.39, 0.29) is 6.04 Å². The van der Waals surface area contributed by atoms with Crippen LogP contribution >= 0.6 is 11.6 Å². The van der Waals surface area contributed by atoms with Crippen LogP contribution in [0.5, 0.6) is 0 Å². The number of nitrogens with two attached hydrogens (primary N) is 1. The Hall–Kier alpha value is -1.03. The molecule has 15 heavy (non-hydrogen) atoms. The predicted molar refractivity (Wildman–Crippen MR) is 62.7 cm³/mol. The van der Waals surface area contributed by atoms with Crippen LogP contribution in [0, 0.1) is 0 Å². The zero-order chi connectivity index (χ0) is 11.0. The topological polar surface area (TPSA) is 58.3 Å². The largest absolute Gasteiger partial charge is 0.370 e. The van der Waals surface area contributed by atoms with Gasteiger partial charge < -0.3 is 16.2 Å². The number of aliphatic hydroxyl groups is 1. The van der Waals surface area contributed by atoms with E-state index in [0.29, 0.717) is 5.02 Å². The molecule has 1 heterocycles. The van der Waals surface area contributed by atoms with Crippen LogP contribution in [0.1, 0.15) is 12.5 Å². The lowest BCUT2D eigenvalue weighted by atomic mass is 9.99. The molecule has 1 aliphatic rings. The number of benzene rings is 1. The highest BCUT2D eigenvalue weighted by molar-refractivity contribution is 6.30. The highest BCUT2D eigenvalue weighted by Crippen LogP contribution is 2.29. The summed E-state index contributed by atoms with van der Waals surface area (Å²) in [5, 5.41) is 13.4. The summed E-state index contributed by atoms with van der Waals surface area (Å²) in [6, 6.07) is 5.29. The van der Waals surface area contributed by atoms with Crippen molar-refractivity contribution >= 4 is 23.4 Å². The molecule has 80 valence electrons. The first-order valence-corrected chi connectivity index (χ1v) is 5.17. The van der Waals surface area contributed by atoms with E-state index in [1.165, 1.54) is 0 Å². The number of anilines is 1. The molecule has 3 nitrogen and oxygen atoms in total. The fraction of sp³-hybridized carbons (Fsp3) is 0.273. The Bertz CT molecular complexity index is 415. The van der Waals surface area contributed by atoms with E-state index in [2.05, 4.69) is 5.32 Å². The minimum Gasteiger partial charge on any atom is -0.370 e. The maximum atomic E-state index is 9.76. The summed E-state index contributed by atoms with van der Waals surface area (Å²) < 4.78 is 0. The highest BCUT2D eigenvalue weighted by atomic mass is 35.5. The van der Waals surface area contributed by atoms with Crippen molar-refractivity contribution in [2.75, 3.05) is 5.32 Å². The average Bonchev–Trinajstić information content (AvgIpc) is 2.17. The van der Waals surface area contributed by atoms with Gasteiger partial charge in [-0.25, -0.2) is 0 Å². The van der Waals surface area contributed by atoms with Crippen LogP contribution in [0.2, 0.25) is 5.02 Å². The van der Waals surface area contributed by atoms with Crippen LogP contribution in [-0.2, 0) is 0 Å². The number of rotatable bonds is 1. The first-order chi connectivity index (χ1) is 7.08. The highest BCUT2D eigenvalue weighted by Gasteiger charge is 2.20. The summed E-state index contributed by atoms with van der Waals surface area (Å²) in [4.78, 5) is 0. The second kappa shape index (κ2) is 3.85. The summed E-state index contributed by atoms with van der Waals surface area (Å²) in [6.07, 6.45) is 1.17. The fourth-order valence-electron chi connectivity index (χ4n) is 1.65. The van der Waals surface area contributed by atoms with Crippen LogP contribution in [0.15, 0.2) is 23.8 Å². The molecule has 1 aromatic rings. The lowest BCUT2D eigenvalue weighted by Gasteiger charge is -2.26. The SMILES string of the molecule is C[C@@H](N)C1=Cc2cc(Cl)ccc2NC1O. The molecule has 0 aromatic heterocycles. The summed E-state index contributed by atoms with van der Waals surface area (Å²) in [7, 11) is 0. The van der Waals surface area contributed by atoms with Crippen LogP contribution in [0.3, 0.4) is 0 Å². The molecule has 1 aromatic carbocycles. The van der Waals surface area contributed by atoms with Crippen molar-refractivity contribution in [2.45, 2.75) is 19.2 Å². The predicted octanol–water partition coefficient (Wildman–Crippen LogP) is 1.81. The molecule has 1 unspecified atom stereocenters. The first kappa shape index (κ1) is 10.5. The molecule has 0 fully saturated rings. The molecule has 0 aliphatic carbocycles. The lowest BCUT2D eigenvalue weighted by molar-refractivity contribution is 0.233. The Labute approximate surface area is 93.5 Å². The number of fused-ring (bicyclic) bond motifs is 1. The Kier molecular flexibility index (Phi) is 2.69. The number of hydrogen-bond acceptors (Lipinski definition) is 3. The molecule has 2 rings (SSSR count). The number of halogens is 1. The van der Waals surface area contributed by atoms with Gasteiger partial charge in [-0.05, 0) is 42.3 Å². The van der Waals surface area contributed by atoms with E-state index in [1.807, 2.05) is 25.1 Å². The Balaban J connectivity index is 2.47. The second-order valence-corrected chi connectivity index (χ2v) is 4.15. The van der Waals surface area contributed by atoms with E-state index >= 15 is 0 Å². The van der Waals surface area contributed by atoms with Gasteiger partial charge in [-0.2, -0.15) is 0 Å². The van der Waals surface area contributed by atoms with Gasteiger partial charge in [-0.1, -0.05) is 11.6 Å². The molecule has 0 spiro atoms. The van der Waals surface area contributed by atoms with Gasteiger partial charge in [-0.3, -0.25) is 0 Å². The zero-order valence-corrected chi connectivity index (χ0v) is 9.12. The Morgan fingerprint density at radius 3 is 2.93 bits per heavy atom. The van der Waals surface area contributed by atoms with Gasteiger partial charge >= 0.3 is 0 Å². The lowest BCUT2D eigenvalue weighted by Crippen LogP contribution is -2.34. The van der Waals surface area contributed by atoms with Crippen LogP contribution in [0.4, 0.5) is 5.69 Å². The average molecular weight is 225 g/mol. The van der Waals surface area contributed by atoms with Gasteiger partial charge in [0, 0.05) is 16.8 Å². The molecule has 0 amide bonds. The van der Waals surface area contributed by atoms with E-state index in [9.17, 15) is 5.11 Å². The molecular formula is C11H13ClN2O. The third-order valence-corrected chi connectivity index (χ3v) is 2.70. The number of nitrogens with one attached hydrogen (secondary N) is 1. The second-order valence-electron chi connectivity index (χ2n) is 3.71. The summed E-state index contributed by atoms with van der Waals surface area (Å²) in [5.41, 5.74) is 8.35. The van der Waals surface area contributed by atoms with E-state index in [4.69, 9.17) is 17.3 Å². The van der Waals surface area contributed by atoms with Gasteiger partial charge in [0.25, 0.3) is 0 Å². The molecule has 2 atom stereocenters. The standard InChI is InChI=1S/C11H13ClN2O/c1-6(13)9-5-7-4-8(12)2-3-10(7)14-11(9)15/h2-6,11,14-15H,13H2,1H3/t6-,11?/m1/s1.